The molecule has 0 atom stereocenters. The van der Waals surface area contributed by atoms with Gasteiger partial charge >= 0.3 is 0 Å². The van der Waals surface area contributed by atoms with E-state index >= 15 is 0 Å². The summed E-state index contributed by atoms with van der Waals surface area (Å²) in [4.78, 5) is 8.92. The van der Waals surface area contributed by atoms with Crippen molar-refractivity contribution in [1.82, 2.24) is 9.97 Å². The van der Waals surface area contributed by atoms with Crippen molar-refractivity contribution >= 4 is 11.1 Å². The van der Waals surface area contributed by atoms with E-state index in [4.69, 9.17) is 0 Å². The second kappa shape index (κ2) is 7.19. The topological polar surface area (TPSA) is 25.8 Å². The van der Waals surface area contributed by atoms with Crippen LogP contribution < -0.4 is 0 Å². The van der Waals surface area contributed by atoms with Crippen LogP contribution in [0, 0.1) is 0 Å². The number of pyridine rings is 2. The molecule has 2 heterocycles. The summed E-state index contributed by atoms with van der Waals surface area (Å²) in [5, 5.41) is 0. The van der Waals surface area contributed by atoms with E-state index in [0.717, 1.165) is 35.4 Å². The maximum atomic E-state index is 4.46. The van der Waals surface area contributed by atoms with Gasteiger partial charge in [-0.05, 0) is 48.3 Å². The van der Waals surface area contributed by atoms with E-state index in [1.807, 2.05) is 60.9 Å². The fourth-order valence-electron chi connectivity index (χ4n) is 2.14. The van der Waals surface area contributed by atoms with E-state index in [2.05, 4.69) is 23.1 Å². The molecular formula is C18H18N2. The Morgan fingerprint density at radius 1 is 0.800 bits per heavy atom. The molecule has 2 heteroatoms. The van der Waals surface area contributed by atoms with Gasteiger partial charge < -0.3 is 0 Å². The Kier molecular flexibility index (Phi) is 5.01. The van der Waals surface area contributed by atoms with Gasteiger partial charge in [-0.1, -0.05) is 24.3 Å². The number of hydrogen-bond acceptors (Lipinski definition) is 2. The zero-order valence-electron chi connectivity index (χ0n) is 11.5. The molecule has 0 aliphatic rings. The van der Waals surface area contributed by atoms with Crippen LogP contribution in [0.15, 0.2) is 74.1 Å². The smallest absolute Gasteiger partial charge is 0.0668 e. The zero-order chi connectivity index (χ0) is 14.2. The summed E-state index contributed by atoms with van der Waals surface area (Å²) in [7, 11) is 0. The van der Waals surface area contributed by atoms with Gasteiger partial charge in [0.25, 0.3) is 0 Å². The fraction of sp³-hybridized carbons (Fsp3) is 0.111. The van der Waals surface area contributed by atoms with E-state index in [9.17, 15) is 0 Å². The van der Waals surface area contributed by atoms with Crippen LogP contribution in [0.1, 0.15) is 24.2 Å². The molecule has 0 radical (unpaired) electrons. The normalized spacial score (nSPS) is 11.6. The Morgan fingerprint density at radius 2 is 1.25 bits per heavy atom. The Balaban J connectivity index is 2.59. The van der Waals surface area contributed by atoms with Gasteiger partial charge in [0.1, 0.15) is 0 Å². The van der Waals surface area contributed by atoms with E-state index in [-0.39, 0.29) is 0 Å². The van der Waals surface area contributed by atoms with Gasteiger partial charge in [-0.2, -0.15) is 0 Å². The van der Waals surface area contributed by atoms with Crippen LogP contribution in [0.2, 0.25) is 0 Å². The Labute approximate surface area is 120 Å². The first-order valence-corrected chi connectivity index (χ1v) is 6.63. The molecule has 2 aromatic heterocycles. The van der Waals surface area contributed by atoms with Gasteiger partial charge in [0.15, 0.2) is 0 Å². The molecule has 2 aromatic rings. The fourth-order valence-corrected chi connectivity index (χ4v) is 2.14. The summed E-state index contributed by atoms with van der Waals surface area (Å²) in [5.74, 6) is 0. The van der Waals surface area contributed by atoms with Gasteiger partial charge in [0.05, 0.1) is 11.4 Å². The first-order chi connectivity index (χ1) is 9.86. The monoisotopic (exact) mass is 262 g/mol. The molecule has 2 rings (SSSR count). The summed E-state index contributed by atoms with van der Waals surface area (Å²) < 4.78 is 0. The average molecular weight is 262 g/mol. The van der Waals surface area contributed by atoms with Gasteiger partial charge in [-0.3, -0.25) is 9.97 Å². The van der Waals surface area contributed by atoms with Gasteiger partial charge in [0, 0.05) is 12.4 Å². The molecule has 0 saturated carbocycles. The van der Waals surface area contributed by atoms with Crippen LogP contribution in [0.25, 0.3) is 11.1 Å². The molecule has 0 aliphatic heterocycles. The largest absolute Gasteiger partial charge is 0.257 e. The molecular weight excluding hydrogens is 244 g/mol. The van der Waals surface area contributed by atoms with Crippen LogP contribution in [0.5, 0.6) is 0 Å². The molecule has 0 saturated heterocycles. The average Bonchev–Trinajstić information content (AvgIpc) is 2.52. The third-order valence-electron chi connectivity index (χ3n) is 3.01. The minimum Gasteiger partial charge on any atom is -0.257 e. The highest BCUT2D eigenvalue weighted by Gasteiger charge is 2.11. The third kappa shape index (κ3) is 3.29. The highest BCUT2D eigenvalue weighted by molar-refractivity contribution is 5.89. The Morgan fingerprint density at radius 3 is 1.55 bits per heavy atom. The molecule has 0 fully saturated rings. The third-order valence-corrected chi connectivity index (χ3v) is 3.01. The molecule has 0 spiro atoms. The summed E-state index contributed by atoms with van der Waals surface area (Å²) in [6.45, 7) is 7.71. The lowest BCUT2D eigenvalue weighted by Gasteiger charge is -2.12. The standard InChI is InChI=1S/C18H18N2/c1-3-9-15(17-11-5-7-13-19-17)16(10-4-2)18-12-6-8-14-20-18/h3-8,11-14H,1-2,9-10H2. The molecule has 0 amide bonds. The SMILES string of the molecule is C=CCC(=C(CC=C)c1ccccn1)c1ccccn1. The minimum atomic E-state index is 0.761. The van der Waals surface area contributed by atoms with Crippen molar-refractivity contribution in [3.05, 3.63) is 85.5 Å². The number of hydrogen-bond donors (Lipinski definition) is 0. The van der Waals surface area contributed by atoms with E-state index in [1.54, 1.807) is 0 Å². The number of rotatable bonds is 6. The van der Waals surface area contributed by atoms with Gasteiger partial charge in [-0.25, -0.2) is 0 Å². The summed E-state index contributed by atoms with van der Waals surface area (Å²) >= 11 is 0. The quantitative estimate of drug-likeness (QED) is 0.714. The molecule has 0 unspecified atom stereocenters. The first-order valence-electron chi connectivity index (χ1n) is 6.63. The molecule has 100 valence electrons. The molecule has 20 heavy (non-hydrogen) atoms. The van der Waals surface area contributed by atoms with E-state index < -0.39 is 0 Å². The number of aromatic nitrogens is 2. The number of allylic oxidation sites excluding steroid dienone is 4. The predicted molar refractivity (Wildman–Crippen MR) is 84.9 cm³/mol. The van der Waals surface area contributed by atoms with Crippen molar-refractivity contribution in [3.8, 4) is 0 Å². The molecule has 2 nitrogen and oxygen atoms in total. The lowest BCUT2D eigenvalue weighted by Crippen LogP contribution is -1.96. The summed E-state index contributed by atoms with van der Waals surface area (Å²) in [6, 6.07) is 11.9. The first kappa shape index (κ1) is 13.9. The van der Waals surface area contributed by atoms with Crippen molar-refractivity contribution in [2.45, 2.75) is 12.8 Å². The maximum absolute atomic E-state index is 4.46. The molecule has 0 aliphatic carbocycles. The highest BCUT2D eigenvalue weighted by Crippen LogP contribution is 2.29. The van der Waals surface area contributed by atoms with Crippen LogP contribution in [0.4, 0.5) is 0 Å². The Bertz CT molecular complexity index is 542. The van der Waals surface area contributed by atoms with Gasteiger partial charge in [-0.15, -0.1) is 13.2 Å². The van der Waals surface area contributed by atoms with Crippen LogP contribution >= 0.6 is 0 Å². The maximum Gasteiger partial charge on any atom is 0.0668 e. The highest BCUT2D eigenvalue weighted by atomic mass is 14.7. The van der Waals surface area contributed by atoms with E-state index in [0.29, 0.717) is 0 Å². The van der Waals surface area contributed by atoms with Crippen LogP contribution in [-0.4, -0.2) is 9.97 Å². The Hall–Kier alpha value is -2.48. The van der Waals surface area contributed by atoms with Crippen molar-refractivity contribution in [2.75, 3.05) is 0 Å². The molecule has 0 bridgehead atoms. The van der Waals surface area contributed by atoms with Crippen LogP contribution in [0.3, 0.4) is 0 Å². The zero-order valence-corrected chi connectivity index (χ0v) is 11.5. The van der Waals surface area contributed by atoms with E-state index in [1.165, 1.54) is 0 Å². The summed E-state index contributed by atoms with van der Waals surface area (Å²) in [6.07, 6.45) is 8.93. The number of nitrogens with zero attached hydrogens (tertiary/aromatic N) is 2. The second-order valence-corrected chi connectivity index (χ2v) is 4.37. The lowest BCUT2D eigenvalue weighted by molar-refractivity contribution is 1.19. The van der Waals surface area contributed by atoms with Crippen molar-refractivity contribution in [3.63, 3.8) is 0 Å². The predicted octanol–water partition coefficient (Wildman–Crippen LogP) is 4.54. The molecule has 0 N–H and O–H groups in total. The van der Waals surface area contributed by atoms with Crippen molar-refractivity contribution < 1.29 is 0 Å². The van der Waals surface area contributed by atoms with Crippen molar-refractivity contribution in [2.24, 2.45) is 0 Å². The van der Waals surface area contributed by atoms with Crippen LogP contribution in [-0.2, 0) is 0 Å². The van der Waals surface area contributed by atoms with Gasteiger partial charge in [0.2, 0.25) is 0 Å². The second-order valence-electron chi connectivity index (χ2n) is 4.37. The van der Waals surface area contributed by atoms with Crippen molar-refractivity contribution in [1.29, 1.82) is 0 Å². The summed E-state index contributed by atoms with van der Waals surface area (Å²) in [5.41, 5.74) is 4.24. The molecule has 0 aromatic carbocycles. The lowest BCUT2D eigenvalue weighted by atomic mass is 9.95. The minimum absolute atomic E-state index is 0.761.